The van der Waals surface area contributed by atoms with Crippen molar-refractivity contribution in [3.8, 4) is 11.5 Å². The van der Waals surface area contributed by atoms with Gasteiger partial charge in [-0.1, -0.05) is 12.1 Å². The van der Waals surface area contributed by atoms with E-state index in [1.807, 2.05) is 36.6 Å². The Morgan fingerprint density at radius 1 is 1.28 bits per heavy atom. The maximum Gasteiger partial charge on any atom is 0.315 e. The first kappa shape index (κ1) is 17.5. The van der Waals surface area contributed by atoms with Gasteiger partial charge in [0.1, 0.15) is 18.1 Å². The minimum absolute atomic E-state index is 0.0570. The molecule has 3 rings (SSSR count). The molecule has 1 aliphatic rings. The number of rotatable bonds is 5. The highest BCUT2D eigenvalue weighted by atomic mass is 32.2. The Balaban J connectivity index is 1.51. The quantitative estimate of drug-likeness (QED) is 0.806. The van der Waals surface area contributed by atoms with Crippen molar-refractivity contribution in [2.75, 3.05) is 20.0 Å². The predicted octanol–water partition coefficient (Wildman–Crippen LogP) is 3.22. The molecular weight excluding hydrogens is 336 g/mol. The standard InChI is InChI=1S/C19H22N2O3S/c1-23-16-5-8-18-14(10-16)9-15(12-24-18)21-19(22)20-11-13-3-6-17(25-2)7-4-13/h3-8,10,15H,9,11-12H2,1-2H3,(H2,20,21,22). The summed E-state index contributed by atoms with van der Waals surface area (Å²) >= 11 is 1.70. The lowest BCUT2D eigenvalue weighted by Crippen LogP contribution is -2.47. The van der Waals surface area contributed by atoms with Crippen LogP contribution >= 0.6 is 11.8 Å². The number of amides is 2. The number of ether oxygens (including phenoxy) is 2. The highest BCUT2D eigenvalue weighted by Gasteiger charge is 2.21. The summed E-state index contributed by atoms with van der Waals surface area (Å²) in [5, 5.41) is 5.86. The lowest BCUT2D eigenvalue weighted by Gasteiger charge is -2.26. The number of thioether (sulfide) groups is 1. The molecule has 0 fully saturated rings. The third-order valence-corrected chi connectivity index (χ3v) is 4.86. The number of carbonyl (C=O) groups is 1. The molecule has 1 heterocycles. The van der Waals surface area contributed by atoms with Crippen LogP contribution in [0.4, 0.5) is 4.79 Å². The summed E-state index contributed by atoms with van der Waals surface area (Å²) in [6.45, 7) is 0.966. The third kappa shape index (κ3) is 4.60. The van der Waals surface area contributed by atoms with Gasteiger partial charge in [0.15, 0.2) is 0 Å². The number of methoxy groups -OCH3 is 1. The van der Waals surface area contributed by atoms with Gasteiger partial charge in [-0.2, -0.15) is 0 Å². The zero-order chi connectivity index (χ0) is 17.6. The van der Waals surface area contributed by atoms with Crippen molar-refractivity contribution in [1.82, 2.24) is 10.6 Å². The number of carbonyl (C=O) groups excluding carboxylic acids is 1. The first-order valence-corrected chi connectivity index (χ1v) is 9.37. The zero-order valence-electron chi connectivity index (χ0n) is 14.4. The Morgan fingerprint density at radius 2 is 2.08 bits per heavy atom. The van der Waals surface area contributed by atoms with Gasteiger partial charge in [0.25, 0.3) is 0 Å². The fraction of sp³-hybridized carbons (Fsp3) is 0.316. The van der Waals surface area contributed by atoms with Gasteiger partial charge in [-0.15, -0.1) is 11.8 Å². The van der Waals surface area contributed by atoms with Gasteiger partial charge in [0.05, 0.1) is 13.2 Å². The number of hydrogen-bond donors (Lipinski definition) is 2. The Hall–Kier alpha value is -2.34. The van der Waals surface area contributed by atoms with Crippen molar-refractivity contribution in [2.45, 2.75) is 23.9 Å². The Kier molecular flexibility index (Phi) is 5.71. The highest BCUT2D eigenvalue weighted by molar-refractivity contribution is 7.98. The normalized spacial score (nSPS) is 15.7. The van der Waals surface area contributed by atoms with Gasteiger partial charge in [-0.25, -0.2) is 4.79 Å². The molecule has 2 N–H and O–H groups in total. The summed E-state index contributed by atoms with van der Waals surface area (Å²) in [5.74, 6) is 1.65. The van der Waals surface area contributed by atoms with E-state index >= 15 is 0 Å². The van der Waals surface area contributed by atoms with Gasteiger partial charge in [0.2, 0.25) is 0 Å². The molecule has 132 valence electrons. The fourth-order valence-electron chi connectivity index (χ4n) is 2.75. The van der Waals surface area contributed by atoms with Crippen LogP contribution in [0, 0.1) is 0 Å². The number of benzene rings is 2. The molecule has 0 spiro atoms. The smallest absolute Gasteiger partial charge is 0.315 e. The van der Waals surface area contributed by atoms with Gasteiger partial charge < -0.3 is 20.1 Å². The van der Waals surface area contributed by atoms with Crippen molar-refractivity contribution in [1.29, 1.82) is 0 Å². The van der Waals surface area contributed by atoms with E-state index in [-0.39, 0.29) is 12.1 Å². The van der Waals surface area contributed by atoms with Crippen LogP contribution in [0.15, 0.2) is 47.4 Å². The van der Waals surface area contributed by atoms with Gasteiger partial charge >= 0.3 is 6.03 Å². The molecule has 0 aromatic heterocycles. The Bertz CT molecular complexity index is 734. The molecule has 1 atom stereocenters. The molecule has 0 aliphatic carbocycles. The molecule has 25 heavy (non-hydrogen) atoms. The van der Waals surface area contributed by atoms with Gasteiger partial charge in [-0.3, -0.25) is 0 Å². The predicted molar refractivity (Wildman–Crippen MR) is 99.6 cm³/mol. The summed E-state index contributed by atoms with van der Waals surface area (Å²) in [5.41, 5.74) is 2.12. The summed E-state index contributed by atoms with van der Waals surface area (Å²) < 4.78 is 11.0. The second-order valence-corrected chi connectivity index (χ2v) is 6.74. The SMILES string of the molecule is COc1ccc2c(c1)CC(NC(=O)NCc1ccc(SC)cc1)CO2. The van der Waals surface area contributed by atoms with Crippen LogP contribution < -0.4 is 20.1 Å². The lowest BCUT2D eigenvalue weighted by molar-refractivity contribution is 0.214. The Morgan fingerprint density at radius 3 is 2.80 bits per heavy atom. The molecule has 0 saturated carbocycles. The molecule has 0 bridgehead atoms. The maximum absolute atomic E-state index is 12.1. The fourth-order valence-corrected chi connectivity index (χ4v) is 3.16. The van der Waals surface area contributed by atoms with Crippen LogP contribution in [-0.4, -0.2) is 32.0 Å². The molecule has 6 heteroatoms. The Labute approximate surface area is 152 Å². The largest absolute Gasteiger partial charge is 0.497 e. The van der Waals surface area contributed by atoms with Crippen LogP contribution in [0.5, 0.6) is 11.5 Å². The zero-order valence-corrected chi connectivity index (χ0v) is 15.2. The monoisotopic (exact) mass is 358 g/mol. The molecule has 2 aromatic carbocycles. The molecule has 2 aromatic rings. The second kappa shape index (κ2) is 8.16. The van der Waals surface area contributed by atoms with Crippen molar-refractivity contribution in [3.05, 3.63) is 53.6 Å². The minimum atomic E-state index is -0.186. The summed E-state index contributed by atoms with van der Waals surface area (Å²) in [7, 11) is 1.64. The van der Waals surface area contributed by atoms with E-state index in [9.17, 15) is 4.79 Å². The number of urea groups is 1. The maximum atomic E-state index is 12.1. The summed E-state index contributed by atoms with van der Waals surface area (Å²) in [6, 6.07) is 13.7. The van der Waals surface area contributed by atoms with Crippen molar-refractivity contribution in [3.63, 3.8) is 0 Å². The van der Waals surface area contributed by atoms with Gasteiger partial charge in [0, 0.05) is 11.4 Å². The molecular formula is C19H22N2O3S. The van der Waals surface area contributed by atoms with E-state index in [1.165, 1.54) is 4.90 Å². The molecule has 2 amide bonds. The van der Waals surface area contributed by atoms with Crippen LogP contribution in [0.2, 0.25) is 0 Å². The first-order chi connectivity index (χ1) is 12.2. The van der Waals surface area contributed by atoms with E-state index in [0.29, 0.717) is 13.2 Å². The van der Waals surface area contributed by atoms with E-state index in [0.717, 1.165) is 29.0 Å². The number of nitrogens with one attached hydrogen (secondary N) is 2. The molecule has 1 aliphatic heterocycles. The van der Waals surface area contributed by atoms with E-state index in [2.05, 4.69) is 22.8 Å². The highest BCUT2D eigenvalue weighted by Crippen LogP contribution is 2.28. The van der Waals surface area contributed by atoms with E-state index < -0.39 is 0 Å². The topological polar surface area (TPSA) is 59.6 Å². The van der Waals surface area contributed by atoms with Crippen molar-refractivity contribution < 1.29 is 14.3 Å². The number of fused-ring (bicyclic) bond motifs is 1. The molecule has 5 nitrogen and oxygen atoms in total. The molecule has 1 unspecified atom stereocenters. The summed E-state index contributed by atoms with van der Waals surface area (Å²) in [6.07, 6.45) is 2.77. The summed E-state index contributed by atoms with van der Waals surface area (Å²) in [4.78, 5) is 13.3. The molecule has 0 radical (unpaired) electrons. The average Bonchev–Trinajstić information content (AvgIpc) is 2.66. The molecule has 0 saturated heterocycles. The van der Waals surface area contributed by atoms with Crippen molar-refractivity contribution in [2.24, 2.45) is 0 Å². The van der Waals surface area contributed by atoms with Crippen LogP contribution in [0.3, 0.4) is 0 Å². The van der Waals surface area contributed by atoms with E-state index in [4.69, 9.17) is 9.47 Å². The average molecular weight is 358 g/mol. The van der Waals surface area contributed by atoms with Gasteiger partial charge in [-0.05, 0) is 54.1 Å². The minimum Gasteiger partial charge on any atom is -0.497 e. The van der Waals surface area contributed by atoms with Crippen LogP contribution in [-0.2, 0) is 13.0 Å². The van der Waals surface area contributed by atoms with Crippen LogP contribution in [0.1, 0.15) is 11.1 Å². The number of hydrogen-bond acceptors (Lipinski definition) is 4. The first-order valence-electron chi connectivity index (χ1n) is 8.15. The lowest BCUT2D eigenvalue weighted by atomic mass is 10.0. The van der Waals surface area contributed by atoms with Crippen molar-refractivity contribution >= 4 is 17.8 Å². The third-order valence-electron chi connectivity index (χ3n) is 4.12. The van der Waals surface area contributed by atoms with E-state index in [1.54, 1.807) is 18.9 Å². The van der Waals surface area contributed by atoms with Crippen LogP contribution in [0.25, 0.3) is 0 Å². The second-order valence-electron chi connectivity index (χ2n) is 5.86.